The number of hydrogen-bond donors (Lipinski definition) is 2. The standard InChI is InChI=1S/C29H28O10SSe/c1-36-20-14-24-16(12-25(40-24)18(30)4-6-28(32)33)10-22(20)38-8-3-9-39-23-11-17-13-27(19(31)5-7-29(34)35)41-26(17)15-21(23)37-2/h10-15H,3-9H2,1-2H3,(H,32,33)(H,34,35). The zero-order valence-corrected chi connectivity index (χ0v) is 24.9. The predicted molar refractivity (Wildman–Crippen MR) is 154 cm³/mol. The number of carboxylic acid groups (broad SMARTS) is 2. The summed E-state index contributed by atoms with van der Waals surface area (Å²) in [4.78, 5) is 46.8. The molecule has 0 aliphatic carbocycles. The molecule has 2 aromatic heterocycles. The van der Waals surface area contributed by atoms with Gasteiger partial charge in [-0.15, -0.1) is 11.3 Å². The van der Waals surface area contributed by atoms with Crippen molar-refractivity contribution in [3.8, 4) is 23.0 Å². The summed E-state index contributed by atoms with van der Waals surface area (Å²) in [6, 6.07) is 10.8. The van der Waals surface area contributed by atoms with E-state index in [0.29, 0.717) is 51.9 Å². The van der Waals surface area contributed by atoms with E-state index < -0.39 is 11.9 Å². The van der Waals surface area contributed by atoms with Crippen LogP contribution in [0, 0.1) is 0 Å². The molecular weight excluding hydrogens is 619 g/mol. The van der Waals surface area contributed by atoms with Gasteiger partial charge >= 0.3 is 178 Å². The molecule has 0 aliphatic heterocycles. The van der Waals surface area contributed by atoms with Crippen LogP contribution in [0.1, 0.15) is 51.0 Å². The number of hydrogen-bond acceptors (Lipinski definition) is 9. The van der Waals surface area contributed by atoms with Crippen molar-refractivity contribution in [2.45, 2.75) is 32.1 Å². The second kappa shape index (κ2) is 13.7. The van der Waals surface area contributed by atoms with E-state index in [1.54, 1.807) is 31.4 Å². The number of ether oxygens (including phenoxy) is 4. The first kappa shape index (κ1) is 30.1. The van der Waals surface area contributed by atoms with Gasteiger partial charge in [0.25, 0.3) is 0 Å². The van der Waals surface area contributed by atoms with Gasteiger partial charge in [0.2, 0.25) is 0 Å². The van der Waals surface area contributed by atoms with E-state index in [-0.39, 0.29) is 51.8 Å². The van der Waals surface area contributed by atoms with Crippen LogP contribution in [0.4, 0.5) is 0 Å². The van der Waals surface area contributed by atoms with Gasteiger partial charge in [0, 0.05) is 11.1 Å². The normalized spacial score (nSPS) is 11.0. The first-order valence-corrected chi connectivity index (χ1v) is 15.2. The molecule has 2 N–H and O–H groups in total. The Morgan fingerprint density at radius 2 is 1.29 bits per heavy atom. The number of methoxy groups -OCH3 is 2. The van der Waals surface area contributed by atoms with Crippen molar-refractivity contribution in [2.75, 3.05) is 27.4 Å². The van der Waals surface area contributed by atoms with E-state index in [1.807, 2.05) is 12.1 Å². The molecule has 0 atom stereocenters. The van der Waals surface area contributed by atoms with Crippen LogP contribution in [0.25, 0.3) is 19.7 Å². The second-order valence-electron chi connectivity index (χ2n) is 8.99. The van der Waals surface area contributed by atoms with Gasteiger partial charge in [-0.25, -0.2) is 0 Å². The Morgan fingerprint density at radius 1 is 0.707 bits per heavy atom. The molecule has 2 aromatic carbocycles. The van der Waals surface area contributed by atoms with Crippen molar-refractivity contribution in [1.82, 2.24) is 0 Å². The van der Waals surface area contributed by atoms with Gasteiger partial charge in [-0.2, -0.15) is 0 Å². The molecule has 10 nitrogen and oxygen atoms in total. The van der Waals surface area contributed by atoms with Gasteiger partial charge in [-0.3, -0.25) is 9.59 Å². The van der Waals surface area contributed by atoms with Crippen LogP contribution in [0.2, 0.25) is 0 Å². The Labute approximate surface area is 245 Å². The molecule has 0 bridgehead atoms. The first-order chi connectivity index (χ1) is 19.7. The molecule has 4 rings (SSSR count). The van der Waals surface area contributed by atoms with Crippen molar-refractivity contribution >= 4 is 69.1 Å². The number of carbonyl (C=O) groups excluding carboxylic acids is 2. The average Bonchev–Trinajstić information content (AvgIpc) is 3.56. The second-order valence-corrected chi connectivity index (χ2v) is 12.3. The first-order valence-electron chi connectivity index (χ1n) is 12.7. The monoisotopic (exact) mass is 648 g/mol. The molecule has 216 valence electrons. The molecule has 0 fully saturated rings. The van der Waals surface area contributed by atoms with Crippen LogP contribution in [-0.4, -0.2) is 75.7 Å². The van der Waals surface area contributed by atoms with Crippen molar-refractivity contribution in [3.05, 3.63) is 45.7 Å². The van der Waals surface area contributed by atoms with E-state index in [9.17, 15) is 19.2 Å². The minimum absolute atomic E-state index is 0.0202. The average molecular weight is 648 g/mol. The quantitative estimate of drug-likeness (QED) is 0.0960. The summed E-state index contributed by atoms with van der Waals surface area (Å²) in [6.07, 6.45) is 0.0683. The molecule has 0 unspecified atom stereocenters. The van der Waals surface area contributed by atoms with Crippen LogP contribution in [0.5, 0.6) is 23.0 Å². The fourth-order valence-electron chi connectivity index (χ4n) is 4.02. The van der Waals surface area contributed by atoms with E-state index >= 15 is 0 Å². The summed E-state index contributed by atoms with van der Waals surface area (Å²) >= 11 is 1.06. The van der Waals surface area contributed by atoms with Gasteiger partial charge in [0.15, 0.2) is 5.78 Å². The molecule has 0 spiro atoms. The van der Waals surface area contributed by atoms with E-state index in [4.69, 9.17) is 29.2 Å². The number of fused-ring (bicyclic) bond motifs is 2. The van der Waals surface area contributed by atoms with Crippen molar-refractivity contribution in [1.29, 1.82) is 0 Å². The molecule has 2 heterocycles. The number of carboxylic acids is 2. The van der Waals surface area contributed by atoms with Crippen LogP contribution in [0.3, 0.4) is 0 Å². The molecule has 0 saturated carbocycles. The Morgan fingerprint density at radius 3 is 1.90 bits per heavy atom. The fourth-order valence-corrected chi connectivity index (χ4v) is 7.25. The number of rotatable bonds is 16. The zero-order chi connectivity index (χ0) is 29.5. The molecule has 0 radical (unpaired) electrons. The van der Waals surface area contributed by atoms with E-state index in [1.165, 1.54) is 18.4 Å². The minimum atomic E-state index is -1.01. The number of ketones is 2. The summed E-state index contributed by atoms with van der Waals surface area (Å²) in [7, 11) is 3.08. The predicted octanol–water partition coefficient (Wildman–Crippen LogP) is 5.07. The van der Waals surface area contributed by atoms with E-state index in [0.717, 1.165) is 19.7 Å². The number of Topliss-reactive ketones (excluding diaryl/α,β-unsaturated/α-hetero) is 2. The molecule has 4 aromatic rings. The van der Waals surface area contributed by atoms with Crippen LogP contribution < -0.4 is 18.9 Å². The molecule has 0 amide bonds. The zero-order valence-electron chi connectivity index (χ0n) is 22.4. The number of aliphatic carboxylic acids is 2. The number of thiophene rings is 1. The Hall–Kier alpha value is -3.86. The third kappa shape index (κ3) is 7.66. The topological polar surface area (TPSA) is 146 Å². The van der Waals surface area contributed by atoms with Gasteiger partial charge in [0.05, 0.1) is 18.4 Å². The third-order valence-corrected chi connectivity index (χ3v) is 9.62. The Balaban J connectivity index is 1.36. The van der Waals surface area contributed by atoms with Crippen LogP contribution >= 0.6 is 11.3 Å². The van der Waals surface area contributed by atoms with Gasteiger partial charge < -0.3 is 5.11 Å². The maximum atomic E-state index is 12.4. The Bertz CT molecular complexity index is 1480. The van der Waals surface area contributed by atoms with Crippen LogP contribution in [-0.2, 0) is 9.59 Å². The van der Waals surface area contributed by atoms with Crippen LogP contribution in [0.15, 0.2) is 36.4 Å². The number of benzene rings is 2. The van der Waals surface area contributed by atoms with Gasteiger partial charge in [0.1, 0.15) is 0 Å². The molecule has 0 aliphatic rings. The van der Waals surface area contributed by atoms with Gasteiger partial charge in [-0.05, 0) is 6.07 Å². The van der Waals surface area contributed by atoms with Crippen molar-refractivity contribution in [3.63, 3.8) is 0 Å². The van der Waals surface area contributed by atoms with E-state index in [2.05, 4.69) is 0 Å². The summed E-state index contributed by atoms with van der Waals surface area (Å²) in [5.41, 5.74) is 0. The molecule has 0 saturated heterocycles. The maximum absolute atomic E-state index is 12.4. The van der Waals surface area contributed by atoms with Crippen molar-refractivity contribution < 1.29 is 48.3 Å². The summed E-state index contributed by atoms with van der Waals surface area (Å²) in [6.45, 7) is 0.661. The number of carbonyl (C=O) groups is 4. The Kier molecular flexibility index (Phi) is 10.0. The molecule has 41 heavy (non-hydrogen) atoms. The summed E-state index contributed by atoms with van der Waals surface area (Å²) in [5, 5.41) is 19.4. The van der Waals surface area contributed by atoms with Gasteiger partial charge in [-0.1, -0.05) is 0 Å². The van der Waals surface area contributed by atoms with Crippen molar-refractivity contribution in [2.24, 2.45) is 0 Å². The SMILES string of the molecule is COc1cc2sc(C(=O)CCC(=O)O)cc2cc1OCCCOc1cc2cc(C(=O)CCC(=O)O)[se]c2cc1OC. The fraction of sp³-hybridized carbons (Fsp3) is 0.310. The molecular formula is C29H28O10SSe. The molecule has 12 heteroatoms. The third-order valence-electron chi connectivity index (χ3n) is 6.09. The summed E-state index contributed by atoms with van der Waals surface area (Å²) < 4.78 is 25.3. The summed E-state index contributed by atoms with van der Waals surface area (Å²) in [5.74, 6) is -0.247.